The Labute approximate surface area is 203 Å². The van der Waals surface area contributed by atoms with Gasteiger partial charge in [-0.05, 0) is 45.3 Å². The molecule has 2 heterocycles. The van der Waals surface area contributed by atoms with Crippen LogP contribution in [-0.2, 0) is 4.79 Å². The van der Waals surface area contributed by atoms with Gasteiger partial charge < -0.3 is 14.4 Å². The Hall–Kier alpha value is -3.42. The summed E-state index contributed by atoms with van der Waals surface area (Å²) in [6.45, 7) is 3.76. The molecule has 6 nitrogen and oxygen atoms in total. The molecule has 0 saturated carbocycles. The highest BCUT2D eigenvalue weighted by atomic mass is 32.1. The molecule has 1 aliphatic rings. The van der Waals surface area contributed by atoms with Crippen molar-refractivity contribution < 1.29 is 14.3 Å². The summed E-state index contributed by atoms with van der Waals surface area (Å²) in [5, 5.41) is 0.676. The fraction of sp³-hybridized carbons (Fsp3) is 0.259. The van der Waals surface area contributed by atoms with E-state index in [0.29, 0.717) is 24.8 Å². The number of thiazole rings is 1. The molecule has 5 rings (SSSR count). The third-order valence-corrected chi connectivity index (χ3v) is 6.91. The number of nitrogens with zero attached hydrogens (tertiary/aromatic N) is 3. The van der Waals surface area contributed by atoms with Crippen LogP contribution < -0.4 is 14.4 Å². The first-order valence-electron chi connectivity index (χ1n) is 11.4. The van der Waals surface area contributed by atoms with Crippen molar-refractivity contribution in [3.63, 3.8) is 0 Å². The van der Waals surface area contributed by atoms with E-state index in [1.54, 1.807) is 0 Å². The number of anilines is 1. The zero-order valence-corrected chi connectivity index (χ0v) is 20.3. The molecule has 1 amide bonds. The van der Waals surface area contributed by atoms with Crippen LogP contribution in [-0.4, -0.2) is 49.6 Å². The van der Waals surface area contributed by atoms with Gasteiger partial charge >= 0.3 is 0 Å². The largest absolute Gasteiger partial charge is 0.492 e. The first kappa shape index (κ1) is 22.4. The monoisotopic (exact) mass is 473 g/mol. The smallest absolute Gasteiger partial charge is 0.241 e. The minimum absolute atomic E-state index is 0.0120. The Morgan fingerprint density at radius 3 is 2.29 bits per heavy atom. The molecule has 0 fully saturated rings. The summed E-state index contributed by atoms with van der Waals surface area (Å²) in [6.07, 6.45) is 0. The summed E-state index contributed by atoms with van der Waals surface area (Å²) >= 11 is 1.52. The second-order valence-corrected chi connectivity index (χ2v) is 9.45. The molecule has 1 aromatic heterocycles. The fourth-order valence-electron chi connectivity index (χ4n) is 4.23. The SMILES string of the molecule is CCOc1cccc2sc(N(CCN(C)C)C(=O)C3c4ccccc4Oc4ccccc43)nc12. The second kappa shape index (κ2) is 9.44. The van der Waals surface area contributed by atoms with Crippen LogP contribution in [0.15, 0.2) is 66.7 Å². The Balaban J connectivity index is 1.61. The first-order valence-corrected chi connectivity index (χ1v) is 12.2. The molecule has 0 unspecified atom stereocenters. The minimum Gasteiger partial charge on any atom is -0.492 e. The molecule has 0 bridgehead atoms. The van der Waals surface area contributed by atoms with Crippen LogP contribution in [0.3, 0.4) is 0 Å². The van der Waals surface area contributed by atoms with Gasteiger partial charge in [0.1, 0.15) is 22.8 Å². The average molecular weight is 474 g/mol. The van der Waals surface area contributed by atoms with E-state index in [4.69, 9.17) is 14.5 Å². The standard InChI is InChI=1S/C27H27N3O3S/c1-4-32-22-14-9-15-23-25(22)28-27(34-23)30(17-16-29(2)3)26(31)24-18-10-5-7-12-20(18)33-21-13-8-6-11-19(21)24/h5-15,24H,4,16-17H2,1-3H3. The number of amides is 1. The van der Waals surface area contributed by atoms with Crippen molar-refractivity contribution in [2.24, 2.45) is 0 Å². The van der Waals surface area contributed by atoms with Crippen molar-refractivity contribution in [1.29, 1.82) is 0 Å². The van der Waals surface area contributed by atoms with Crippen molar-refractivity contribution in [2.45, 2.75) is 12.8 Å². The van der Waals surface area contributed by atoms with Gasteiger partial charge in [0.25, 0.3) is 0 Å². The summed E-state index contributed by atoms with van der Waals surface area (Å²) in [5.74, 6) is 1.69. The molecule has 3 aromatic carbocycles. The van der Waals surface area contributed by atoms with Gasteiger partial charge in [0.2, 0.25) is 5.91 Å². The van der Waals surface area contributed by atoms with E-state index >= 15 is 0 Å². The normalized spacial score (nSPS) is 12.8. The molecule has 0 aliphatic carbocycles. The number of likely N-dealkylation sites (N-methyl/N-ethyl adjacent to an activating group) is 1. The lowest BCUT2D eigenvalue weighted by Gasteiger charge is -2.31. The zero-order chi connectivity index (χ0) is 23.7. The van der Waals surface area contributed by atoms with Crippen LogP contribution >= 0.6 is 11.3 Å². The number of hydrogen-bond donors (Lipinski definition) is 0. The molecule has 1 aliphatic heterocycles. The first-order chi connectivity index (χ1) is 16.6. The van der Waals surface area contributed by atoms with Gasteiger partial charge in [-0.15, -0.1) is 0 Å². The van der Waals surface area contributed by atoms with E-state index in [1.165, 1.54) is 11.3 Å². The average Bonchev–Trinajstić information content (AvgIpc) is 3.27. The summed E-state index contributed by atoms with van der Waals surface area (Å²) in [4.78, 5) is 23.1. The van der Waals surface area contributed by atoms with Gasteiger partial charge in [-0.25, -0.2) is 4.98 Å². The van der Waals surface area contributed by atoms with Crippen LogP contribution in [0.25, 0.3) is 10.2 Å². The quantitative estimate of drug-likeness (QED) is 0.353. The number of carbonyl (C=O) groups is 1. The van der Waals surface area contributed by atoms with Crippen LogP contribution in [0.4, 0.5) is 5.13 Å². The molecule has 0 spiro atoms. The third kappa shape index (κ3) is 4.13. The second-order valence-electron chi connectivity index (χ2n) is 8.44. The topological polar surface area (TPSA) is 54.9 Å². The lowest BCUT2D eigenvalue weighted by Crippen LogP contribution is -2.40. The number of rotatable bonds is 7. The highest BCUT2D eigenvalue weighted by molar-refractivity contribution is 7.22. The van der Waals surface area contributed by atoms with E-state index in [0.717, 1.165) is 38.6 Å². The van der Waals surface area contributed by atoms with Gasteiger partial charge in [0.15, 0.2) is 5.13 Å². The van der Waals surface area contributed by atoms with Gasteiger partial charge in [0.05, 0.1) is 17.2 Å². The molecule has 34 heavy (non-hydrogen) atoms. The highest BCUT2D eigenvalue weighted by Gasteiger charge is 2.36. The maximum absolute atomic E-state index is 14.3. The van der Waals surface area contributed by atoms with Gasteiger partial charge in [-0.3, -0.25) is 9.69 Å². The maximum Gasteiger partial charge on any atom is 0.241 e. The van der Waals surface area contributed by atoms with Crippen LogP contribution in [0.2, 0.25) is 0 Å². The summed E-state index contributed by atoms with van der Waals surface area (Å²) in [5.41, 5.74) is 2.54. The van der Waals surface area contributed by atoms with Crippen LogP contribution in [0.5, 0.6) is 17.2 Å². The van der Waals surface area contributed by atoms with Crippen LogP contribution in [0.1, 0.15) is 24.0 Å². The number of carbonyl (C=O) groups excluding carboxylic acids is 1. The number of para-hydroxylation sites is 3. The summed E-state index contributed by atoms with van der Waals surface area (Å²) < 4.78 is 12.9. The Bertz CT molecular complexity index is 1290. The minimum atomic E-state index is -0.471. The Morgan fingerprint density at radius 2 is 1.65 bits per heavy atom. The van der Waals surface area contributed by atoms with E-state index in [2.05, 4.69) is 4.90 Å². The molecule has 4 aromatic rings. The molecular formula is C27H27N3O3S. The van der Waals surface area contributed by atoms with E-state index in [-0.39, 0.29) is 5.91 Å². The summed E-state index contributed by atoms with van der Waals surface area (Å²) in [6, 6.07) is 21.5. The van der Waals surface area contributed by atoms with Gasteiger partial charge in [0, 0.05) is 24.2 Å². The third-order valence-electron chi connectivity index (χ3n) is 5.87. The van der Waals surface area contributed by atoms with Crippen LogP contribution in [0, 0.1) is 0 Å². The van der Waals surface area contributed by atoms with Crippen molar-refractivity contribution in [2.75, 3.05) is 38.7 Å². The summed E-state index contributed by atoms with van der Waals surface area (Å²) in [7, 11) is 4.01. The molecular weight excluding hydrogens is 446 g/mol. The fourth-order valence-corrected chi connectivity index (χ4v) is 5.25. The van der Waals surface area contributed by atoms with E-state index in [1.807, 2.05) is 92.6 Å². The van der Waals surface area contributed by atoms with E-state index < -0.39 is 5.92 Å². The van der Waals surface area contributed by atoms with Crippen molar-refractivity contribution in [1.82, 2.24) is 9.88 Å². The molecule has 0 radical (unpaired) electrons. The van der Waals surface area contributed by atoms with Crippen molar-refractivity contribution >= 4 is 32.6 Å². The van der Waals surface area contributed by atoms with E-state index in [9.17, 15) is 4.79 Å². The Kier molecular flexibility index (Phi) is 6.22. The number of benzene rings is 3. The maximum atomic E-state index is 14.3. The molecule has 0 atom stereocenters. The number of fused-ring (bicyclic) bond motifs is 3. The molecule has 174 valence electrons. The van der Waals surface area contributed by atoms with Crippen molar-refractivity contribution in [3.8, 4) is 17.2 Å². The molecule has 0 N–H and O–H groups in total. The van der Waals surface area contributed by atoms with Gasteiger partial charge in [-0.2, -0.15) is 0 Å². The molecule has 7 heteroatoms. The zero-order valence-electron chi connectivity index (χ0n) is 19.5. The van der Waals surface area contributed by atoms with Gasteiger partial charge in [-0.1, -0.05) is 53.8 Å². The lowest BCUT2D eigenvalue weighted by molar-refractivity contribution is -0.119. The number of ether oxygens (including phenoxy) is 2. The number of hydrogen-bond acceptors (Lipinski definition) is 6. The number of aromatic nitrogens is 1. The Morgan fingerprint density at radius 1 is 0.971 bits per heavy atom. The predicted octanol–water partition coefficient (Wildman–Crippen LogP) is 5.53. The predicted molar refractivity (Wildman–Crippen MR) is 136 cm³/mol. The van der Waals surface area contributed by atoms with Crippen molar-refractivity contribution in [3.05, 3.63) is 77.9 Å². The highest BCUT2D eigenvalue weighted by Crippen LogP contribution is 2.45. The lowest BCUT2D eigenvalue weighted by atomic mass is 9.87. The molecule has 0 saturated heterocycles.